The Balaban J connectivity index is 1.64. The van der Waals surface area contributed by atoms with E-state index in [-0.39, 0.29) is 17.5 Å². The number of fused-ring (bicyclic) bond motifs is 1. The third-order valence-electron chi connectivity index (χ3n) is 4.68. The predicted octanol–water partition coefficient (Wildman–Crippen LogP) is 2.10. The average Bonchev–Trinajstić information content (AvgIpc) is 3.11. The van der Waals surface area contributed by atoms with Gasteiger partial charge in [-0.3, -0.25) is 14.6 Å². The number of amides is 1. The van der Waals surface area contributed by atoms with Gasteiger partial charge in [-0.25, -0.2) is 4.68 Å². The lowest BCUT2D eigenvalue weighted by atomic mass is 10.1. The molecule has 1 atom stereocenters. The predicted molar refractivity (Wildman–Crippen MR) is 94.3 cm³/mol. The zero-order valence-corrected chi connectivity index (χ0v) is 13.7. The molecule has 6 nitrogen and oxygen atoms in total. The lowest BCUT2D eigenvalue weighted by Crippen LogP contribution is -2.40. The monoisotopic (exact) mass is 334 g/mol. The van der Waals surface area contributed by atoms with E-state index in [4.69, 9.17) is 0 Å². The Hall–Kier alpha value is -3.02. The first-order valence-corrected chi connectivity index (χ1v) is 8.41. The molecule has 2 aromatic heterocycles. The number of hydrogen-bond donors (Lipinski definition) is 0. The second kappa shape index (κ2) is 6.47. The molecule has 1 fully saturated rings. The number of benzene rings is 1. The largest absolute Gasteiger partial charge is 0.332 e. The van der Waals surface area contributed by atoms with Gasteiger partial charge < -0.3 is 4.90 Å². The topological polar surface area (TPSA) is 68.1 Å². The van der Waals surface area contributed by atoms with Crippen LogP contribution < -0.4 is 5.56 Å². The van der Waals surface area contributed by atoms with Gasteiger partial charge in [-0.1, -0.05) is 24.3 Å². The highest BCUT2D eigenvalue weighted by Crippen LogP contribution is 2.24. The van der Waals surface area contributed by atoms with E-state index < -0.39 is 0 Å². The highest BCUT2D eigenvalue weighted by molar-refractivity contribution is 6.05. The van der Waals surface area contributed by atoms with Crippen molar-refractivity contribution in [2.75, 3.05) is 6.54 Å². The molecule has 1 saturated heterocycles. The summed E-state index contributed by atoms with van der Waals surface area (Å²) < 4.78 is 1.42. The summed E-state index contributed by atoms with van der Waals surface area (Å²) >= 11 is 0. The van der Waals surface area contributed by atoms with Crippen LogP contribution in [0.15, 0.2) is 59.7 Å². The van der Waals surface area contributed by atoms with Crippen LogP contribution in [0.4, 0.5) is 0 Å². The first-order chi connectivity index (χ1) is 12.2. The van der Waals surface area contributed by atoms with Crippen LogP contribution in [0, 0.1) is 0 Å². The lowest BCUT2D eigenvalue weighted by Gasteiger charge is -2.25. The van der Waals surface area contributed by atoms with E-state index >= 15 is 0 Å². The highest BCUT2D eigenvalue weighted by atomic mass is 16.2. The van der Waals surface area contributed by atoms with Crippen molar-refractivity contribution >= 4 is 16.7 Å². The summed E-state index contributed by atoms with van der Waals surface area (Å²) in [4.78, 5) is 31.2. The van der Waals surface area contributed by atoms with E-state index in [9.17, 15) is 9.59 Å². The molecule has 126 valence electrons. The van der Waals surface area contributed by atoms with E-state index in [1.54, 1.807) is 18.5 Å². The number of carbonyl (C=O) groups excluding carboxylic acids is 1. The van der Waals surface area contributed by atoms with Gasteiger partial charge in [-0.15, -0.1) is 0 Å². The Labute approximate surface area is 144 Å². The summed E-state index contributed by atoms with van der Waals surface area (Å²) in [6.07, 6.45) is 5.04. The number of carbonyl (C=O) groups is 1. The van der Waals surface area contributed by atoms with Crippen LogP contribution in [-0.4, -0.2) is 38.2 Å². The summed E-state index contributed by atoms with van der Waals surface area (Å²) in [6.45, 7) is 1.09. The van der Waals surface area contributed by atoms with Crippen molar-refractivity contribution in [1.82, 2.24) is 19.7 Å². The number of nitrogens with zero attached hydrogens (tertiary/aromatic N) is 4. The molecule has 0 saturated carbocycles. The van der Waals surface area contributed by atoms with E-state index in [1.165, 1.54) is 10.7 Å². The summed E-state index contributed by atoms with van der Waals surface area (Å²) in [5.41, 5.74) is 0.323. The third-order valence-corrected chi connectivity index (χ3v) is 4.68. The van der Waals surface area contributed by atoms with Crippen LogP contribution in [0.2, 0.25) is 0 Å². The fraction of sp³-hybridized carbons (Fsp3) is 0.263. The fourth-order valence-electron chi connectivity index (χ4n) is 3.44. The van der Waals surface area contributed by atoms with Crippen LogP contribution in [-0.2, 0) is 6.54 Å². The number of rotatable bonds is 3. The molecule has 1 amide bonds. The normalized spacial score (nSPS) is 17.1. The fourth-order valence-corrected chi connectivity index (χ4v) is 3.44. The summed E-state index contributed by atoms with van der Waals surface area (Å²) in [5, 5.41) is 5.96. The van der Waals surface area contributed by atoms with Crippen LogP contribution in [0.1, 0.15) is 23.3 Å². The Kier molecular flexibility index (Phi) is 4.01. The van der Waals surface area contributed by atoms with E-state index in [2.05, 4.69) is 10.1 Å². The van der Waals surface area contributed by atoms with Gasteiger partial charge in [0.2, 0.25) is 0 Å². The number of hydrogen-bond acceptors (Lipinski definition) is 4. The smallest absolute Gasteiger partial charge is 0.273 e. The Morgan fingerprint density at radius 2 is 2.00 bits per heavy atom. The molecule has 4 rings (SSSR count). The maximum atomic E-state index is 13.1. The molecular formula is C19H18N4O2. The van der Waals surface area contributed by atoms with Gasteiger partial charge in [-0.05, 0) is 30.4 Å². The SMILES string of the molecule is O=C(c1nccc2ccccc12)N1CCCC1Cn1ncccc1=O. The Morgan fingerprint density at radius 1 is 1.12 bits per heavy atom. The quantitative estimate of drug-likeness (QED) is 0.735. The summed E-state index contributed by atoms with van der Waals surface area (Å²) in [7, 11) is 0. The molecule has 0 bridgehead atoms. The van der Waals surface area contributed by atoms with Crippen LogP contribution in [0.25, 0.3) is 10.8 Å². The minimum Gasteiger partial charge on any atom is -0.332 e. The molecule has 3 heterocycles. The van der Waals surface area contributed by atoms with Crippen molar-refractivity contribution in [3.8, 4) is 0 Å². The number of pyridine rings is 1. The minimum absolute atomic E-state index is 0.0409. The molecule has 6 heteroatoms. The highest BCUT2D eigenvalue weighted by Gasteiger charge is 2.31. The molecule has 1 aliphatic heterocycles. The number of aromatic nitrogens is 3. The molecule has 0 N–H and O–H groups in total. The van der Waals surface area contributed by atoms with Crippen molar-refractivity contribution in [2.45, 2.75) is 25.4 Å². The molecule has 0 radical (unpaired) electrons. The van der Waals surface area contributed by atoms with Gasteiger partial charge in [0, 0.05) is 30.4 Å². The van der Waals surface area contributed by atoms with Gasteiger partial charge >= 0.3 is 0 Å². The molecule has 1 aliphatic rings. The standard InChI is InChI=1S/C19H18N4O2/c24-17-8-3-10-21-23(17)13-15-6-4-12-22(15)19(25)18-16-7-2-1-5-14(16)9-11-20-18/h1-3,5,7-11,15H,4,6,12-13H2. The molecule has 1 aromatic carbocycles. The van der Waals surface area contributed by atoms with Crippen molar-refractivity contribution in [3.63, 3.8) is 0 Å². The van der Waals surface area contributed by atoms with Crippen LogP contribution in [0.3, 0.4) is 0 Å². The molecule has 25 heavy (non-hydrogen) atoms. The molecule has 0 spiro atoms. The average molecular weight is 334 g/mol. The summed E-state index contributed by atoms with van der Waals surface area (Å²) in [6, 6.07) is 12.7. The van der Waals surface area contributed by atoms with Gasteiger partial charge in [0.05, 0.1) is 12.6 Å². The third kappa shape index (κ3) is 2.91. The van der Waals surface area contributed by atoms with E-state index in [1.807, 2.05) is 35.2 Å². The first kappa shape index (κ1) is 15.5. The zero-order valence-electron chi connectivity index (χ0n) is 13.7. The van der Waals surface area contributed by atoms with Crippen LogP contribution >= 0.6 is 0 Å². The minimum atomic E-state index is -0.148. The van der Waals surface area contributed by atoms with Crippen molar-refractivity contribution in [3.05, 3.63) is 70.9 Å². The number of likely N-dealkylation sites (tertiary alicyclic amines) is 1. The molecular weight excluding hydrogens is 316 g/mol. The Bertz CT molecular complexity index is 977. The van der Waals surface area contributed by atoms with Crippen molar-refractivity contribution in [2.24, 2.45) is 0 Å². The first-order valence-electron chi connectivity index (χ1n) is 8.41. The maximum Gasteiger partial charge on any atom is 0.273 e. The second-order valence-corrected chi connectivity index (χ2v) is 6.22. The van der Waals surface area contributed by atoms with E-state index in [0.29, 0.717) is 18.8 Å². The molecule has 1 unspecified atom stereocenters. The lowest BCUT2D eigenvalue weighted by molar-refractivity contribution is 0.0716. The maximum absolute atomic E-state index is 13.1. The zero-order chi connectivity index (χ0) is 17.2. The summed E-state index contributed by atoms with van der Waals surface area (Å²) in [5.74, 6) is -0.0803. The molecule has 0 aliphatic carbocycles. The van der Waals surface area contributed by atoms with Crippen molar-refractivity contribution < 1.29 is 4.79 Å². The van der Waals surface area contributed by atoms with Gasteiger partial charge in [0.15, 0.2) is 0 Å². The molecule has 3 aromatic rings. The van der Waals surface area contributed by atoms with Gasteiger partial charge in [-0.2, -0.15) is 5.10 Å². The van der Waals surface area contributed by atoms with Gasteiger partial charge in [0.25, 0.3) is 11.5 Å². The second-order valence-electron chi connectivity index (χ2n) is 6.22. The Morgan fingerprint density at radius 3 is 2.88 bits per heavy atom. The van der Waals surface area contributed by atoms with Gasteiger partial charge in [0.1, 0.15) is 5.69 Å². The van der Waals surface area contributed by atoms with Crippen molar-refractivity contribution in [1.29, 1.82) is 0 Å². The van der Waals surface area contributed by atoms with Crippen LogP contribution in [0.5, 0.6) is 0 Å². The van der Waals surface area contributed by atoms with E-state index in [0.717, 1.165) is 23.6 Å².